The summed E-state index contributed by atoms with van der Waals surface area (Å²) in [7, 11) is 0. The SMILES string of the molecule is CC(=O)NCCNc1nc(Nc2ccc3cn[nH]c3c2)ncc1Br. The van der Waals surface area contributed by atoms with E-state index in [4.69, 9.17) is 0 Å². The lowest BCUT2D eigenvalue weighted by Crippen LogP contribution is -2.26. The first kappa shape index (κ1) is 16.2. The smallest absolute Gasteiger partial charge is 0.229 e. The summed E-state index contributed by atoms with van der Waals surface area (Å²) in [6.07, 6.45) is 3.44. The Morgan fingerprint density at radius 1 is 1.29 bits per heavy atom. The number of hydrogen-bond donors (Lipinski definition) is 4. The number of aromatic amines is 1. The van der Waals surface area contributed by atoms with E-state index in [0.717, 1.165) is 21.1 Å². The lowest BCUT2D eigenvalue weighted by Gasteiger charge is -2.10. The minimum absolute atomic E-state index is 0.0601. The van der Waals surface area contributed by atoms with E-state index in [0.29, 0.717) is 24.9 Å². The van der Waals surface area contributed by atoms with Gasteiger partial charge >= 0.3 is 0 Å². The van der Waals surface area contributed by atoms with Gasteiger partial charge in [-0.3, -0.25) is 9.89 Å². The summed E-state index contributed by atoms with van der Waals surface area (Å²) in [6.45, 7) is 2.57. The number of benzene rings is 1. The second kappa shape index (κ2) is 7.26. The van der Waals surface area contributed by atoms with Crippen molar-refractivity contribution in [1.82, 2.24) is 25.5 Å². The standard InChI is InChI=1S/C15H16BrN7O/c1-9(24)17-4-5-18-14-12(16)8-19-15(22-14)21-11-3-2-10-7-20-23-13(10)6-11/h2-3,6-8H,4-5H2,1H3,(H,17,24)(H,20,23)(H2,18,19,21,22). The summed E-state index contributed by atoms with van der Waals surface area (Å²) in [4.78, 5) is 19.5. The zero-order chi connectivity index (χ0) is 16.9. The number of fused-ring (bicyclic) bond motifs is 1. The monoisotopic (exact) mass is 389 g/mol. The van der Waals surface area contributed by atoms with Gasteiger partial charge in [0, 0.05) is 37.3 Å². The van der Waals surface area contributed by atoms with Crippen molar-refractivity contribution in [2.24, 2.45) is 0 Å². The Morgan fingerprint density at radius 2 is 2.17 bits per heavy atom. The highest BCUT2D eigenvalue weighted by Crippen LogP contribution is 2.23. The summed E-state index contributed by atoms with van der Waals surface area (Å²) in [5, 5.41) is 17.0. The molecule has 3 aromatic rings. The molecule has 24 heavy (non-hydrogen) atoms. The highest BCUT2D eigenvalue weighted by atomic mass is 79.9. The molecule has 0 aliphatic carbocycles. The molecule has 1 amide bonds. The third-order valence-electron chi connectivity index (χ3n) is 3.23. The zero-order valence-corrected chi connectivity index (χ0v) is 14.5. The van der Waals surface area contributed by atoms with Crippen molar-refractivity contribution in [3.05, 3.63) is 35.1 Å². The molecule has 4 N–H and O–H groups in total. The molecule has 0 spiro atoms. The van der Waals surface area contributed by atoms with Crippen LogP contribution in [0.15, 0.2) is 35.1 Å². The van der Waals surface area contributed by atoms with Gasteiger partial charge in [0.1, 0.15) is 5.82 Å². The molecule has 9 heteroatoms. The fourth-order valence-electron chi connectivity index (χ4n) is 2.11. The molecular weight excluding hydrogens is 374 g/mol. The second-order valence-electron chi connectivity index (χ2n) is 5.10. The van der Waals surface area contributed by atoms with Crippen LogP contribution in [0.25, 0.3) is 10.9 Å². The molecule has 0 atom stereocenters. The van der Waals surface area contributed by atoms with Crippen LogP contribution in [0.3, 0.4) is 0 Å². The third-order valence-corrected chi connectivity index (χ3v) is 3.81. The summed E-state index contributed by atoms with van der Waals surface area (Å²) in [6, 6.07) is 5.84. The van der Waals surface area contributed by atoms with Crippen LogP contribution in [-0.2, 0) is 4.79 Å². The first-order chi connectivity index (χ1) is 11.6. The Bertz CT molecular complexity index is 864. The minimum atomic E-state index is -0.0601. The highest BCUT2D eigenvalue weighted by Gasteiger charge is 2.06. The Morgan fingerprint density at radius 3 is 3.00 bits per heavy atom. The molecule has 0 bridgehead atoms. The number of H-pyrrole nitrogens is 1. The average molecular weight is 390 g/mol. The zero-order valence-electron chi connectivity index (χ0n) is 12.9. The molecule has 2 aromatic heterocycles. The number of carbonyl (C=O) groups is 1. The molecule has 0 fully saturated rings. The summed E-state index contributed by atoms with van der Waals surface area (Å²) in [5.74, 6) is 1.06. The third kappa shape index (κ3) is 3.99. The Balaban J connectivity index is 1.69. The van der Waals surface area contributed by atoms with Crippen LogP contribution in [0.1, 0.15) is 6.92 Å². The van der Waals surface area contributed by atoms with Crippen LogP contribution < -0.4 is 16.0 Å². The van der Waals surface area contributed by atoms with Gasteiger partial charge in [0.25, 0.3) is 0 Å². The first-order valence-electron chi connectivity index (χ1n) is 7.33. The van der Waals surface area contributed by atoms with Gasteiger partial charge in [0.15, 0.2) is 0 Å². The van der Waals surface area contributed by atoms with Gasteiger partial charge in [0.05, 0.1) is 16.2 Å². The molecule has 1 aromatic carbocycles. The average Bonchev–Trinajstić information content (AvgIpc) is 3.02. The number of aromatic nitrogens is 4. The topological polar surface area (TPSA) is 108 Å². The normalized spacial score (nSPS) is 10.6. The Hall–Kier alpha value is -2.68. The van der Waals surface area contributed by atoms with E-state index in [9.17, 15) is 4.79 Å². The van der Waals surface area contributed by atoms with Gasteiger partial charge in [0.2, 0.25) is 11.9 Å². The molecule has 0 aliphatic heterocycles. The maximum absolute atomic E-state index is 10.9. The lowest BCUT2D eigenvalue weighted by atomic mass is 10.2. The van der Waals surface area contributed by atoms with E-state index < -0.39 is 0 Å². The van der Waals surface area contributed by atoms with Crippen LogP contribution in [0.4, 0.5) is 17.5 Å². The van der Waals surface area contributed by atoms with Gasteiger partial charge in [-0.1, -0.05) is 0 Å². The van der Waals surface area contributed by atoms with Crippen LogP contribution in [0.5, 0.6) is 0 Å². The van der Waals surface area contributed by atoms with Crippen molar-refractivity contribution in [3.63, 3.8) is 0 Å². The number of amides is 1. The number of rotatable bonds is 6. The highest BCUT2D eigenvalue weighted by molar-refractivity contribution is 9.10. The van der Waals surface area contributed by atoms with Crippen molar-refractivity contribution in [2.75, 3.05) is 23.7 Å². The number of nitrogens with zero attached hydrogens (tertiary/aromatic N) is 3. The second-order valence-corrected chi connectivity index (χ2v) is 5.95. The lowest BCUT2D eigenvalue weighted by molar-refractivity contribution is -0.118. The van der Waals surface area contributed by atoms with Gasteiger partial charge in [-0.2, -0.15) is 10.1 Å². The largest absolute Gasteiger partial charge is 0.367 e. The van der Waals surface area contributed by atoms with Gasteiger partial charge in [-0.05, 0) is 34.1 Å². The summed E-state index contributed by atoms with van der Waals surface area (Å²) < 4.78 is 0.750. The van der Waals surface area contributed by atoms with Gasteiger partial charge < -0.3 is 16.0 Å². The van der Waals surface area contributed by atoms with E-state index in [1.54, 1.807) is 12.4 Å². The van der Waals surface area contributed by atoms with Crippen LogP contribution >= 0.6 is 15.9 Å². The van der Waals surface area contributed by atoms with Crippen molar-refractivity contribution in [3.8, 4) is 0 Å². The van der Waals surface area contributed by atoms with E-state index in [2.05, 4.69) is 52.0 Å². The van der Waals surface area contributed by atoms with E-state index in [1.165, 1.54) is 6.92 Å². The number of halogens is 1. The number of anilines is 3. The predicted molar refractivity (Wildman–Crippen MR) is 96.3 cm³/mol. The van der Waals surface area contributed by atoms with Crippen molar-refractivity contribution in [2.45, 2.75) is 6.92 Å². The summed E-state index contributed by atoms with van der Waals surface area (Å²) in [5.41, 5.74) is 1.80. The van der Waals surface area contributed by atoms with Crippen molar-refractivity contribution in [1.29, 1.82) is 0 Å². The molecule has 2 heterocycles. The van der Waals surface area contributed by atoms with Gasteiger partial charge in [-0.25, -0.2) is 4.98 Å². The van der Waals surface area contributed by atoms with Crippen molar-refractivity contribution >= 4 is 50.2 Å². The Labute approximate surface area is 146 Å². The van der Waals surface area contributed by atoms with E-state index in [-0.39, 0.29) is 5.91 Å². The van der Waals surface area contributed by atoms with Crippen LogP contribution in [-0.4, -0.2) is 39.2 Å². The number of carbonyl (C=O) groups excluding carboxylic acids is 1. The molecule has 0 radical (unpaired) electrons. The van der Waals surface area contributed by atoms with E-state index in [1.807, 2.05) is 18.2 Å². The molecular formula is C15H16BrN7O. The van der Waals surface area contributed by atoms with Crippen LogP contribution in [0.2, 0.25) is 0 Å². The molecule has 124 valence electrons. The Kier molecular flexibility index (Phi) is 4.90. The van der Waals surface area contributed by atoms with Gasteiger partial charge in [-0.15, -0.1) is 0 Å². The quantitative estimate of drug-likeness (QED) is 0.482. The first-order valence-corrected chi connectivity index (χ1v) is 8.12. The maximum Gasteiger partial charge on any atom is 0.229 e. The van der Waals surface area contributed by atoms with Crippen molar-refractivity contribution < 1.29 is 4.79 Å². The maximum atomic E-state index is 10.9. The molecule has 3 rings (SSSR count). The fourth-order valence-corrected chi connectivity index (χ4v) is 2.45. The molecule has 0 saturated carbocycles. The molecule has 0 aliphatic rings. The predicted octanol–water partition coefficient (Wildman–Crippen LogP) is 2.41. The number of nitrogens with one attached hydrogen (secondary N) is 4. The van der Waals surface area contributed by atoms with Crippen LogP contribution in [0, 0.1) is 0 Å². The van der Waals surface area contributed by atoms with E-state index >= 15 is 0 Å². The molecule has 0 saturated heterocycles. The fraction of sp³-hybridized carbons (Fsp3) is 0.200. The summed E-state index contributed by atoms with van der Waals surface area (Å²) >= 11 is 3.41. The molecule has 0 unspecified atom stereocenters. The number of hydrogen-bond acceptors (Lipinski definition) is 6. The molecule has 8 nitrogen and oxygen atoms in total. The minimum Gasteiger partial charge on any atom is -0.367 e.